The van der Waals surface area contributed by atoms with Crippen LogP contribution in [-0.4, -0.2) is 139 Å². The van der Waals surface area contributed by atoms with Gasteiger partial charge in [0.1, 0.15) is 17.4 Å². The number of fused-ring (bicyclic) bond motifs is 2. The highest BCUT2D eigenvalue weighted by Gasteiger charge is 2.50. The summed E-state index contributed by atoms with van der Waals surface area (Å²) in [5, 5.41) is 13.7. The van der Waals surface area contributed by atoms with Crippen LogP contribution in [0.5, 0.6) is 0 Å². The minimum atomic E-state index is -2.86. The first-order valence-corrected chi connectivity index (χ1v) is 24.0. The van der Waals surface area contributed by atoms with Crippen LogP contribution < -0.4 is 21.2 Å². The molecule has 0 bridgehead atoms. The van der Waals surface area contributed by atoms with E-state index in [0.717, 1.165) is 107 Å². The summed E-state index contributed by atoms with van der Waals surface area (Å²) in [5.41, 5.74) is 2.54. The molecule has 2 unspecified atom stereocenters. The molecule has 1 spiro atoms. The number of hydrogen-bond donors (Lipinski definition) is 2. The molecule has 2 atom stereocenters. The number of nitrogens with zero attached hydrogens (tertiary/aromatic N) is 10. The number of ether oxygens (including phenoxy) is 2. The van der Waals surface area contributed by atoms with E-state index in [0.29, 0.717) is 61.9 Å². The summed E-state index contributed by atoms with van der Waals surface area (Å²) >= 11 is 0. The molecular weight excluding hydrogens is 867 g/mol. The van der Waals surface area contributed by atoms with Gasteiger partial charge in [-0.15, -0.1) is 0 Å². The lowest BCUT2D eigenvalue weighted by atomic mass is 9.82. The summed E-state index contributed by atoms with van der Waals surface area (Å²) in [7, 11) is 1.77. The molecule has 6 fully saturated rings. The number of imidazole rings is 1. The van der Waals surface area contributed by atoms with Crippen molar-refractivity contribution < 1.29 is 32.6 Å². The number of likely N-dealkylation sites (tertiary alicyclic amines) is 2. The molecule has 20 heteroatoms. The summed E-state index contributed by atoms with van der Waals surface area (Å²) in [6.07, 6.45) is 8.96. The van der Waals surface area contributed by atoms with E-state index in [4.69, 9.17) is 9.47 Å². The third-order valence-electron chi connectivity index (χ3n) is 15.4. The van der Waals surface area contributed by atoms with Crippen LogP contribution in [0.1, 0.15) is 104 Å². The van der Waals surface area contributed by atoms with Gasteiger partial charge in [0, 0.05) is 65.1 Å². The standard InChI is InChI=1S/C47H58F2N12O6/c1-55-41-33(3-2-4-36(41)61(46(55)65)37-9-10-39(62)53-45(37)64)31-11-14-56(15-12-31)24-30-21-47(67-26-30)27-57(28-47)23-29-5-7-32(8-6-29)60-25-35(40(54-60)42(48)49)51-44(63)34-22-50-59-16-13-38(52-43(34)59)58-17-19-66-20-18-58/h2-4,13,16,22,25,29-32,37,42H,5-12,14-15,17-21,23-24,26-28H2,1H3,(H,51,63)(H,53,62,64)/t29-,30?,32-,37?. The summed E-state index contributed by atoms with van der Waals surface area (Å²) in [4.78, 5) is 63.4. The zero-order valence-electron chi connectivity index (χ0n) is 37.8. The van der Waals surface area contributed by atoms with Gasteiger partial charge in [-0.25, -0.2) is 23.1 Å². The normalized spacial score (nSPS) is 25.4. The van der Waals surface area contributed by atoms with Gasteiger partial charge in [-0.2, -0.15) is 10.2 Å². The summed E-state index contributed by atoms with van der Waals surface area (Å²) in [6, 6.07) is 7.11. The van der Waals surface area contributed by atoms with Crippen molar-refractivity contribution in [3.8, 4) is 0 Å². The van der Waals surface area contributed by atoms with Crippen LogP contribution >= 0.6 is 0 Å². The lowest BCUT2D eigenvalue weighted by Gasteiger charge is -2.49. The van der Waals surface area contributed by atoms with Gasteiger partial charge in [0.2, 0.25) is 11.8 Å². The topological polar surface area (TPSA) is 178 Å². The fourth-order valence-electron chi connectivity index (χ4n) is 12.0. The SMILES string of the molecule is Cn1c(=O)n(C2CCC(=O)NC2=O)c2cccc(C3CCN(CC4COC5(C4)CN(C[C@H]4CC[C@H](n6cc(NC(=O)c7cnn8ccc(N9CCOCC9)nc78)c(C(F)F)n6)CC4)C5)CC3)c21. The van der Waals surface area contributed by atoms with Gasteiger partial charge in [-0.3, -0.25) is 38.4 Å². The van der Waals surface area contributed by atoms with Gasteiger partial charge in [0.15, 0.2) is 11.3 Å². The Morgan fingerprint density at radius 3 is 2.49 bits per heavy atom. The Kier molecular flexibility index (Phi) is 11.7. The first-order valence-electron chi connectivity index (χ1n) is 24.0. The number of para-hydroxylation sites is 1. The van der Waals surface area contributed by atoms with Crippen LogP contribution in [0.15, 0.2) is 47.7 Å². The maximum Gasteiger partial charge on any atom is 0.329 e. The summed E-state index contributed by atoms with van der Waals surface area (Å²) in [6.45, 7) is 9.11. The quantitative estimate of drug-likeness (QED) is 0.180. The average molecular weight is 925 g/mol. The number of alkyl halides is 2. The zero-order valence-corrected chi connectivity index (χ0v) is 37.8. The Balaban J connectivity index is 0.642. The van der Waals surface area contributed by atoms with Gasteiger partial charge in [0.25, 0.3) is 12.3 Å². The highest BCUT2D eigenvalue weighted by atomic mass is 19.3. The molecule has 1 aromatic carbocycles. The number of halogens is 2. The van der Waals surface area contributed by atoms with Gasteiger partial charge >= 0.3 is 5.69 Å². The average Bonchev–Trinajstić information content (AvgIpc) is 4.11. The number of amides is 3. The molecule has 5 aromatic rings. The molecule has 9 heterocycles. The number of nitrogens with one attached hydrogen (secondary N) is 2. The third-order valence-corrected chi connectivity index (χ3v) is 15.4. The largest absolute Gasteiger partial charge is 0.378 e. The molecule has 6 aliphatic rings. The number of imide groups is 1. The van der Waals surface area contributed by atoms with Crippen LogP contribution in [0, 0.1) is 11.8 Å². The van der Waals surface area contributed by atoms with Crippen molar-refractivity contribution in [2.75, 3.05) is 82.4 Å². The maximum absolute atomic E-state index is 14.3. The number of hydrogen-bond acceptors (Lipinski definition) is 12. The van der Waals surface area contributed by atoms with Crippen LogP contribution in [0.3, 0.4) is 0 Å². The Morgan fingerprint density at radius 1 is 0.955 bits per heavy atom. The molecular formula is C47H58F2N12O6. The van der Waals surface area contributed by atoms with Crippen molar-refractivity contribution in [2.24, 2.45) is 18.9 Å². The van der Waals surface area contributed by atoms with Crippen molar-refractivity contribution >= 4 is 45.9 Å². The van der Waals surface area contributed by atoms with Gasteiger partial charge in [0.05, 0.1) is 54.4 Å². The number of morpholine rings is 1. The number of aryl methyl sites for hydroxylation is 1. The van der Waals surface area contributed by atoms with Gasteiger partial charge in [-0.1, -0.05) is 12.1 Å². The van der Waals surface area contributed by atoms with Crippen LogP contribution in [0.25, 0.3) is 16.7 Å². The Labute approximate surface area is 385 Å². The van der Waals surface area contributed by atoms with E-state index in [1.54, 1.807) is 33.3 Å². The van der Waals surface area contributed by atoms with E-state index in [-0.39, 0.29) is 40.9 Å². The molecule has 11 rings (SSSR count). The second-order valence-electron chi connectivity index (χ2n) is 19.8. The van der Waals surface area contributed by atoms with Crippen molar-refractivity contribution in [1.29, 1.82) is 0 Å². The number of carbonyl (C=O) groups excluding carboxylic acids is 3. The number of carbonyl (C=O) groups is 3. The number of benzene rings is 1. The van der Waals surface area contributed by atoms with E-state index in [1.807, 2.05) is 18.2 Å². The second-order valence-corrected chi connectivity index (χ2v) is 19.8. The first kappa shape index (κ1) is 44.0. The van der Waals surface area contributed by atoms with Crippen LogP contribution in [-0.2, 0) is 26.1 Å². The molecule has 5 aliphatic heterocycles. The Hall–Kier alpha value is -5.57. The molecule has 18 nitrogen and oxygen atoms in total. The highest BCUT2D eigenvalue weighted by molar-refractivity contribution is 6.08. The van der Waals surface area contributed by atoms with E-state index in [2.05, 4.69) is 46.6 Å². The van der Waals surface area contributed by atoms with E-state index >= 15 is 0 Å². The van der Waals surface area contributed by atoms with Crippen molar-refractivity contribution in [3.05, 3.63) is 70.2 Å². The number of anilines is 2. The Morgan fingerprint density at radius 2 is 1.73 bits per heavy atom. The summed E-state index contributed by atoms with van der Waals surface area (Å²) in [5.74, 6) is 0.693. The van der Waals surface area contributed by atoms with Crippen LogP contribution in [0.2, 0.25) is 0 Å². The van der Waals surface area contributed by atoms with Crippen LogP contribution in [0.4, 0.5) is 20.3 Å². The molecule has 356 valence electrons. The fraction of sp³-hybridized carbons (Fsp3) is 0.596. The number of piperidine rings is 2. The van der Waals surface area contributed by atoms with E-state index in [1.165, 1.54) is 10.7 Å². The zero-order chi connectivity index (χ0) is 46.0. The smallest absolute Gasteiger partial charge is 0.329 e. The predicted molar refractivity (Wildman–Crippen MR) is 242 cm³/mol. The molecule has 2 N–H and O–H groups in total. The van der Waals surface area contributed by atoms with E-state index in [9.17, 15) is 28.0 Å². The molecule has 3 amide bonds. The van der Waals surface area contributed by atoms with Crippen molar-refractivity contribution in [3.63, 3.8) is 0 Å². The van der Waals surface area contributed by atoms with E-state index < -0.39 is 30.0 Å². The maximum atomic E-state index is 14.3. The second kappa shape index (κ2) is 17.8. The fourth-order valence-corrected chi connectivity index (χ4v) is 12.0. The monoisotopic (exact) mass is 924 g/mol. The number of aromatic nitrogens is 7. The lowest BCUT2D eigenvalue weighted by Crippen LogP contribution is -2.62. The summed E-state index contributed by atoms with van der Waals surface area (Å²) < 4.78 is 47.0. The lowest BCUT2D eigenvalue weighted by molar-refractivity contribution is -0.135. The molecule has 0 radical (unpaired) electrons. The highest BCUT2D eigenvalue weighted by Crippen LogP contribution is 2.42. The number of rotatable bonds is 11. The van der Waals surface area contributed by atoms with Crippen molar-refractivity contribution in [2.45, 2.75) is 87.8 Å². The minimum absolute atomic E-state index is 0.000495. The molecule has 4 aromatic heterocycles. The minimum Gasteiger partial charge on any atom is -0.378 e. The van der Waals surface area contributed by atoms with Crippen molar-refractivity contribution in [1.82, 2.24) is 48.6 Å². The molecule has 1 saturated carbocycles. The van der Waals surface area contributed by atoms with Gasteiger partial charge in [-0.05, 0) is 99.9 Å². The molecule has 67 heavy (non-hydrogen) atoms. The molecule has 5 saturated heterocycles. The van der Waals surface area contributed by atoms with Gasteiger partial charge < -0.3 is 24.6 Å². The predicted octanol–water partition coefficient (Wildman–Crippen LogP) is 4.29. The first-order chi connectivity index (χ1) is 32.5. The Bertz CT molecular complexity index is 2740. The third kappa shape index (κ3) is 8.43. The molecule has 1 aliphatic carbocycles.